The van der Waals surface area contributed by atoms with Crippen LogP contribution in [0.4, 0.5) is 0 Å². The summed E-state index contributed by atoms with van der Waals surface area (Å²) < 4.78 is 5.73. The van der Waals surface area contributed by atoms with Crippen LogP contribution >= 0.6 is 0 Å². The van der Waals surface area contributed by atoms with Crippen LogP contribution in [0.2, 0.25) is 0 Å². The second kappa shape index (κ2) is 8.09. The fourth-order valence-electron chi connectivity index (χ4n) is 4.49. The molecule has 1 fully saturated rings. The third-order valence-corrected chi connectivity index (χ3v) is 6.00. The van der Waals surface area contributed by atoms with Gasteiger partial charge in [0, 0.05) is 30.9 Å². The largest absolute Gasteiger partial charge is 0.508 e. The van der Waals surface area contributed by atoms with Gasteiger partial charge in [-0.1, -0.05) is 12.1 Å². The molecule has 2 aromatic carbocycles. The van der Waals surface area contributed by atoms with Crippen LogP contribution in [0.3, 0.4) is 0 Å². The zero-order valence-corrected chi connectivity index (χ0v) is 17.9. The number of phenolic OH excluding ortho intramolecular Hbond substituents is 1. The summed E-state index contributed by atoms with van der Waals surface area (Å²) in [6.45, 7) is 2.12. The molecule has 0 aliphatic carbocycles. The van der Waals surface area contributed by atoms with Crippen LogP contribution in [-0.4, -0.2) is 37.9 Å². The van der Waals surface area contributed by atoms with Crippen LogP contribution < -0.4 is 4.74 Å². The van der Waals surface area contributed by atoms with Crippen molar-refractivity contribution < 1.29 is 24.5 Å². The van der Waals surface area contributed by atoms with E-state index < -0.39 is 17.7 Å². The first-order valence-electron chi connectivity index (χ1n) is 10.7. The fourth-order valence-corrected chi connectivity index (χ4v) is 4.49. The number of pyridine rings is 1. The van der Waals surface area contributed by atoms with E-state index in [4.69, 9.17) is 4.74 Å². The SMILES string of the molecule is C[C@H]1Cc2cc(/C(O)=C3\C(=O)C(=O)N(Cc4ccncc4)[C@H]3c3cccc(O)c3)ccc2O1. The molecular weight excluding hydrogens is 420 g/mol. The number of carbonyl (C=O) groups excluding carboxylic acids is 2. The summed E-state index contributed by atoms with van der Waals surface area (Å²) in [4.78, 5) is 31.7. The molecule has 7 heteroatoms. The van der Waals surface area contributed by atoms with Gasteiger partial charge in [0.15, 0.2) is 0 Å². The first-order chi connectivity index (χ1) is 15.9. The maximum absolute atomic E-state index is 13.2. The molecule has 3 aromatic rings. The van der Waals surface area contributed by atoms with Gasteiger partial charge in [-0.05, 0) is 66.1 Å². The van der Waals surface area contributed by atoms with Crippen molar-refractivity contribution in [1.29, 1.82) is 0 Å². The van der Waals surface area contributed by atoms with E-state index in [1.54, 1.807) is 54.9 Å². The molecule has 0 radical (unpaired) electrons. The molecule has 2 aliphatic heterocycles. The molecule has 1 saturated heterocycles. The summed E-state index contributed by atoms with van der Waals surface area (Å²) in [5, 5.41) is 21.3. The lowest BCUT2D eigenvalue weighted by Gasteiger charge is -2.25. The number of fused-ring (bicyclic) bond motifs is 1. The molecule has 7 nitrogen and oxygen atoms in total. The quantitative estimate of drug-likeness (QED) is 0.363. The molecule has 0 saturated carbocycles. The van der Waals surface area contributed by atoms with E-state index in [2.05, 4.69) is 4.98 Å². The molecule has 2 N–H and O–H groups in total. The number of nitrogens with zero attached hydrogens (tertiary/aromatic N) is 2. The van der Waals surface area contributed by atoms with Crippen LogP contribution in [0.15, 0.2) is 72.6 Å². The molecule has 0 bridgehead atoms. The van der Waals surface area contributed by atoms with E-state index in [0.717, 1.165) is 16.9 Å². The van der Waals surface area contributed by atoms with Gasteiger partial charge in [-0.15, -0.1) is 0 Å². The summed E-state index contributed by atoms with van der Waals surface area (Å²) in [5.74, 6) is -0.964. The Bertz CT molecular complexity index is 1280. The zero-order valence-electron chi connectivity index (χ0n) is 17.9. The van der Waals surface area contributed by atoms with Gasteiger partial charge < -0.3 is 19.8 Å². The first kappa shape index (κ1) is 20.8. The van der Waals surface area contributed by atoms with E-state index >= 15 is 0 Å². The van der Waals surface area contributed by atoms with Gasteiger partial charge in [-0.3, -0.25) is 14.6 Å². The highest BCUT2D eigenvalue weighted by Gasteiger charge is 2.46. The minimum atomic E-state index is -0.853. The highest BCUT2D eigenvalue weighted by molar-refractivity contribution is 6.46. The Morgan fingerprint density at radius 2 is 1.91 bits per heavy atom. The minimum Gasteiger partial charge on any atom is -0.508 e. The van der Waals surface area contributed by atoms with Crippen LogP contribution in [0.5, 0.6) is 11.5 Å². The van der Waals surface area contributed by atoms with E-state index in [-0.39, 0.29) is 29.7 Å². The molecular formula is C26H22N2O5. The average molecular weight is 442 g/mol. The predicted octanol–water partition coefficient (Wildman–Crippen LogP) is 3.73. The molecule has 1 aromatic heterocycles. The number of ketones is 1. The number of aliphatic hydroxyl groups excluding tert-OH is 1. The zero-order chi connectivity index (χ0) is 23.1. The minimum absolute atomic E-state index is 0.00525. The number of hydrogen-bond acceptors (Lipinski definition) is 6. The number of benzene rings is 2. The van der Waals surface area contributed by atoms with Crippen molar-refractivity contribution in [3.05, 3.63) is 94.8 Å². The number of Topliss-reactive ketones (excluding diaryl/α,β-unsaturated/α-hetero) is 1. The number of aromatic nitrogens is 1. The van der Waals surface area contributed by atoms with Gasteiger partial charge in [0.1, 0.15) is 23.4 Å². The lowest BCUT2D eigenvalue weighted by molar-refractivity contribution is -0.140. The summed E-state index contributed by atoms with van der Waals surface area (Å²) in [7, 11) is 0. The Morgan fingerprint density at radius 1 is 1.12 bits per heavy atom. The van der Waals surface area contributed by atoms with Gasteiger partial charge in [0.25, 0.3) is 11.7 Å². The Hall–Kier alpha value is -4.13. The fraction of sp³-hybridized carbons (Fsp3) is 0.192. The molecule has 5 rings (SSSR count). The van der Waals surface area contributed by atoms with Crippen molar-refractivity contribution in [1.82, 2.24) is 9.88 Å². The van der Waals surface area contributed by atoms with Crippen LogP contribution in [0, 0.1) is 0 Å². The molecule has 0 unspecified atom stereocenters. The third kappa shape index (κ3) is 3.71. The Kier molecular flexibility index (Phi) is 5.09. The molecule has 2 aliphatic rings. The van der Waals surface area contributed by atoms with Gasteiger partial charge in [-0.2, -0.15) is 0 Å². The number of carbonyl (C=O) groups is 2. The van der Waals surface area contributed by atoms with E-state index in [1.807, 2.05) is 6.92 Å². The Labute approximate surface area is 190 Å². The Balaban J connectivity index is 1.64. The number of likely N-dealkylation sites (tertiary alicyclic amines) is 1. The number of ether oxygens (including phenoxy) is 1. The topological polar surface area (TPSA) is 100.0 Å². The normalized spacial score (nSPS) is 21.2. The van der Waals surface area contributed by atoms with Crippen LogP contribution in [-0.2, 0) is 22.6 Å². The number of rotatable bonds is 4. The van der Waals surface area contributed by atoms with E-state index in [9.17, 15) is 19.8 Å². The molecule has 1 amide bonds. The highest BCUT2D eigenvalue weighted by Crippen LogP contribution is 2.41. The van der Waals surface area contributed by atoms with Crippen LogP contribution in [0.25, 0.3) is 5.76 Å². The van der Waals surface area contributed by atoms with Crippen molar-refractivity contribution >= 4 is 17.4 Å². The molecule has 3 heterocycles. The lowest BCUT2D eigenvalue weighted by atomic mass is 9.94. The van der Waals surface area contributed by atoms with Crippen molar-refractivity contribution in [3.8, 4) is 11.5 Å². The Morgan fingerprint density at radius 3 is 2.67 bits per heavy atom. The summed E-state index contributed by atoms with van der Waals surface area (Å²) in [6, 6.07) is 14.3. The van der Waals surface area contributed by atoms with Gasteiger partial charge in [-0.25, -0.2) is 0 Å². The number of hydrogen-bond donors (Lipinski definition) is 2. The van der Waals surface area contributed by atoms with Crippen LogP contribution in [0.1, 0.15) is 35.2 Å². The highest BCUT2D eigenvalue weighted by atomic mass is 16.5. The monoisotopic (exact) mass is 442 g/mol. The molecule has 166 valence electrons. The number of aliphatic hydroxyl groups is 1. The van der Waals surface area contributed by atoms with Crippen molar-refractivity contribution in [2.45, 2.75) is 32.0 Å². The third-order valence-electron chi connectivity index (χ3n) is 6.00. The van der Waals surface area contributed by atoms with Crippen molar-refractivity contribution in [3.63, 3.8) is 0 Å². The number of amides is 1. The number of aromatic hydroxyl groups is 1. The molecule has 0 spiro atoms. The van der Waals surface area contributed by atoms with E-state index in [0.29, 0.717) is 17.5 Å². The summed E-state index contributed by atoms with van der Waals surface area (Å²) in [6.07, 6.45) is 3.96. The average Bonchev–Trinajstić information content (AvgIpc) is 3.30. The maximum atomic E-state index is 13.2. The lowest BCUT2D eigenvalue weighted by Crippen LogP contribution is -2.29. The van der Waals surface area contributed by atoms with Gasteiger partial charge in [0.2, 0.25) is 0 Å². The molecule has 2 atom stereocenters. The van der Waals surface area contributed by atoms with Gasteiger partial charge >= 0.3 is 0 Å². The van der Waals surface area contributed by atoms with Gasteiger partial charge in [0.05, 0.1) is 11.6 Å². The second-order valence-corrected chi connectivity index (χ2v) is 8.33. The van der Waals surface area contributed by atoms with Crippen molar-refractivity contribution in [2.75, 3.05) is 0 Å². The predicted molar refractivity (Wildman–Crippen MR) is 120 cm³/mol. The van der Waals surface area contributed by atoms with E-state index in [1.165, 1.54) is 17.0 Å². The smallest absolute Gasteiger partial charge is 0.295 e. The second-order valence-electron chi connectivity index (χ2n) is 8.33. The molecule has 33 heavy (non-hydrogen) atoms. The van der Waals surface area contributed by atoms with Crippen molar-refractivity contribution in [2.24, 2.45) is 0 Å². The standard InChI is InChI=1S/C26H22N2O5/c1-15-11-19-12-18(5-6-21(19)33-15)24(30)22-23(17-3-2-4-20(29)13-17)28(26(32)25(22)31)14-16-7-9-27-10-8-16/h2-10,12-13,15,23,29-30H,11,14H2,1H3/b24-22+/t15-,23-/m0/s1. The maximum Gasteiger partial charge on any atom is 0.295 e. The first-order valence-corrected chi connectivity index (χ1v) is 10.7. The summed E-state index contributed by atoms with van der Waals surface area (Å²) >= 11 is 0. The summed E-state index contributed by atoms with van der Waals surface area (Å²) in [5.41, 5.74) is 2.69. The number of phenols is 1.